The van der Waals surface area contributed by atoms with E-state index in [-0.39, 0.29) is 5.91 Å². The summed E-state index contributed by atoms with van der Waals surface area (Å²) in [5.41, 5.74) is 3.67. The van der Waals surface area contributed by atoms with Gasteiger partial charge < -0.3 is 5.32 Å². The van der Waals surface area contributed by atoms with Gasteiger partial charge in [0.15, 0.2) is 5.13 Å². The number of rotatable bonds is 3. The maximum Gasteiger partial charge on any atom is 0.232 e. The SMILES string of the molecule is Cc1ncncc1-c1ccc2nc(NC(=O)[C@@H]3C[C@@H]3F)sc2c1. The van der Waals surface area contributed by atoms with Gasteiger partial charge in [0.05, 0.1) is 16.1 Å². The number of fused-ring (bicyclic) bond motifs is 1. The zero-order valence-electron chi connectivity index (χ0n) is 12.3. The number of alkyl halides is 1. The highest BCUT2D eigenvalue weighted by Gasteiger charge is 2.43. The summed E-state index contributed by atoms with van der Waals surface area (Å²) < 4.78 is 13.9. The fourth-order valence-electron chi connectivity index (χ4n) is 2.45. The van der Waals surface area contributed by atoms with E-state index in [1.54, 1.807) is 6.20 Å². The topological polar surface area (TPSA) is 67.8 Å². The van der Waals surface area contributed by atoms with Crippen molar-refractivity contribution in [2.24, 2.45) is 5.92 Å². The average Bonchev–Trinajstić information content (AvgIpc) is 3.13. The second-order valence-electron chi connectivity index (χ2n) is 5.57. The second kappa shape index (κ2) is 5.34. The summed E-state index contributed by atoms with van der Waals surface area (Å²) in [7, 11) is 0. The Kier molecular flexibility index (Phi) is 3.30. The number of amides is 1. The molecule has 1 aromatic carbocycles. The van der Waals surface area contributed by atoms with Gasteiger partial charge >= 0.3 is 0 Å². The van der Waals surface area contributed by atoms with Gasteiger partial charge in [-0.05, 0) is 31.0 Å². The van der Waals surface area contributed by atoms with Crippen LogP contribution >= 0.6 is 11.3 Å². The Morgan fingerprint density at radius 1 is 1.43 bits per heavy atom. The van der Waals surface area contributed by atoms with E-state index in [4.69, 9.17) is 0 Å². The Balaban J connectivity index is 1.64. The Hall–Kier alpha value is -2.41. The van der Waals surface area contributed by atoms with Crippen molar-refractivity contribution in [3.8, 4) is 11.1 Å². The summed E-state index contributed by atoms with van der Waals surface area (Å²) in [6.45, 7) is 1.93. The smallest absolute Gasteiger partial charge is 0.232 e. The molecule has 2 aromatic heterocycles. The molecule has 0 radical (unpaired) electrons. The van der Waals surface area contributed by atoms with Crippen molar-refractivity contribution in [1.82, 2.24) is 15.0 Å². The number of hydrogen-bond donors (Lipinski definition) is 1. The highest BCUT2D eigenvalue weighted by atomic mass is 32.1. The summed E-state index contributed by atoms with van der Waals surface area (Å²) >= 11 is 1.38. The van der Waals surface area contributed by atoms with Crippen LogP contribution in [0.1, 0.15) is 12.1 Å². The van der Waals surface area contributed by atoms with Crippen molar-refractivity contribution in [3.05, 3.63) is 36.4 Å². The summed E-state index contributed by atoms with van der Waals surface area (Å²) in [5, 5.41) is 3.20. The molecule has 1 aliphatic carbocycles. The number of nitrogens with zero attached hydrogens (tertiary/aromatic N) is 3. The van der Waals surface area contributed by atoms with E-state index in [0.717, 1.165) is 27.0 Å². The zero-order chi connectivity index (χ0) is 16.0. The molecule has 5 nitrogen and oxygen atoms in total. The molecule has 2 atom stereocenters. The van der Waals surface area contributed by atoms with E-state index in [2.05, 4.69) is 20.3 Å². The van der Waals surface area contributed by atoms with E-state index < -0.39 is 12.1 Å². The van der Waals surface area contributed by atoms with Crippen LogP contribution in [0, 0.1) is 12.8 Å². The van der Waals surface area contributed by atoms with Crippen LogP contribution in [0.4, 0.5) is 9.52 Å². The minimum atomic E-state index is -1.00. The lowest BCUT2D eigenvalue weighted by Crippen LogP contribution is -2.14. The fourth-order valence-corrected chi connectivity index (χ4v) is 3.36. The number of carbonyl (C=O) groups excluding carboxylic acids is 1. The molecule has 1 fully saturated rings. The average molecular weight is 328 g/mol. The predicted octanol–water partition coefficient (Wildman–Crippen LogP) is 3.36. The number of nitrogens with one attached hydrogen (secondary N) is 1. The van der Waals surface area contributed by atoms with Gasteiger partial charge in [0.2, 0.25) is 5.91 Å². The fraction of sp³-hybridized carbons (Fsp3) is 0.250. The van der Waals surface area contributed by atoms with Crippen LogP contribution < -0.4 is 5.32 Å². The molecule has 4 rings (SSSR count). The molecule has 1 amide bonds. The molecule has 0 saturated heterocycles. The molecule has 2 heterocycles. The molecular weight excluding hydrogens is 315 g/mol. The lowest BCUT2D eigenvalue weighted by atomic mass is 10.1. The molecular formula is C16H13FN4OS. The van der Waals surface area contributed by atoms with Gasteiger partial charge in [-0.3, -0.25) is 4.79 Å². The van der Waals surface area contributed by atoms with Crippen molar-refractivity contribution in [2.75, 3.05) is 5.32 Å². The third-order valence-corrected chi connectivity index (χ3v) is 4.82. The first-order chi connectivity index (χ1) is 11.1. The standard InChI is InChI=1S/C16H13FN4OS/c1-8-11(6-18-7-19-8)9-2-3-13-14(4-9)23-16(20-13)21-15(22)10-5-12(10)17/h2-4,6-7,10,12H,5H2,1H3,(H,20,21,22)/t10-,12+/m1/s1. The molecule has 23 heavy (non-hydrogen) atoms. The van der Waals surface area contributed by atoms with Crippen molar-refractivity contribution < 1.29 is 9.18 Å². The number of carbonyl (C=O) groups is 1. The third-order valence-electron chi connectivity index (χ3n) is 3.89. The lowest BCUT2D eigenvalue weighted by molar-refractivity contribution is -0.117. The van der Waals surface area contributed by atoms with Crippen LogP contribution in [0.3, 0.4) is 0 Å². The maximum absolute atomic E-state index is 12.9. The largest absolute Gasteiger partial charge is 0.302 e. The van der Waals surface area contributed by atoms with Gasteiger partial charge in [0.1, 0.15) is 12.5 Å². The number of anilines is 1. The van der Waals surface area contributed by atoms with Crippen molar-refractivity contribution in [1.29, 1.82) is 0 Å². The van der Waals surface area contributed by atoms with Crippen LogP contribution in [-0.2, 0) is 4.79 Å². The normalized spacial score (nSPS) is 19.7. The maximum atomic E-state index is 12.9. The number of benzene rings is 1. The van der Waals surface area contributed by atoms with E-state index in [1.807, 2.05) is 25.1 Å². The molecule has 0 aliphatic heterocycles. The minimum Gasteiger partial charge on any atom is -0.302 e. The van der Waals surface area contributed by atoms with Crippen molar-refractivity contribution >= 4 is 32.6 Å². The van der Waals surface area contributed by atoms with Crippen LogP contribution in [0.15, 0.2) is 30.7 Å². The molecule has 7 heteroatoms. The van der Waals surface area contributed by atoms with E-state index in [9.17, 15) is 9.18 Å². The quantitative estimate of drug-likeness (QED) is 0.800. The molecule has 1 saturated carbocycles. The molecule has 0 spiro atoms. The molecule has 116 valence electrons. The van der Waals surface area contributed by atoms with E-state index in [1.165, 1.54) is 17.7 Å². The highest BCUT2D eigenvalue weighted by molar-refractivity contribution is 7.22. The van der Waals surface area contributed by atoms with Gasteiger partial charge in [-0.1, -0.05) is 17.4 Å². The number of aryl methyl sites for hydroxylation is 1. The first kappa shape index (κ1) is 14.2. The van der Waals surface area contributed by atoms with Gasteiger partial charge in [-0.2, -0.15) is 0 Å². The summed E-state index contributed by atoms with van der Waals surface area (Å²) in [6, 6.07) is 5.86. The van der Waals surface area contributed by atoms with Crippen molar-refractivity contribution in [2.45, 2.75) is 19.5 Å². The highest BCUT2D eigenvalue weighted by Crippen LogP contribution is 2.36. The van der Waals surface area contributed by atoms with Crippen LogP contribution in [-0.4, -0.2) is 27.0 Å². The Bertz CT molecular complexity index is 910. The minimum absolute atomic E-state index is 0.288. The number of hydrogen-bond acceptors (Lipinski definition) is 5. The molecule has 1 N–H and O–H groups in total. The van der Waals surface area contributed by atoms with E-state index in [0.29, 0.717) is 11.6 Å². The van der Waals surface area contributed by atoms with Crippen LogP contribution in [0.2, 0.25) is 0 Å². The Morgan fingerprint density at radius 2 is 2.26 bits per heavy atom. The Labute approximate surface area is 135 Å². The van der Waals surface area contributed by atoms with Gasteiger partial charge in [-0.25, -0.2) is 19.3 Å². The summed E-state index contributed by atoms with van der Waals surface area (Å²) in [5.74, 6) is -0.800. The zero-order valence-corrected chi connectivity index (χ0v) is 13.1. The number of thiazole rings is 1. The molecule has 3 aromatic rings. The van der Waals surface area contributed by atoms with Gasteiger partial charge in [0, 0.05) is 17.5 Å². The number of aromatic nitrogens is 3. The van der Waals surface area contributed by atoms with E-state index >= 15 is 0 Å². The molecule has 1 aliphatic rings. The van der Waals surface area contributed by atoms with Crippen LogP contribution in [0.25, 0.3) is 21.3 Å². The summed E-state index contributed by atoms with van der Waals surface area (Å²) in [4.78, 5) is 24.4. The number of halogens is 1. The Morgan fingerprint density at radius 3 is 3.00 bits per heavy atom. The summed E-state index contributed by atoms with van der Waals surface area (Å²) in [6.07, 6.45) is 2.61. The lowest BCUT2D eigenvalue weighted by Gasteiger charge is -2.03. The van der Waals surface area contributed by atoms with Crippen LogP contribution in [0.5, 0.6) is 0 Å². The second-order valence-corrected chi connectivity index (χ2v) is 6.60. The van der Waals surface area contributed by atoms with Crippen molar-refractivity contribution in [3.63, 3.8) is 0 Å². The molecule has 0 unspecified atom stereocenters. The first-order valence-corrected chi connectivity index (χ1v) is 8.06. The molecule has 0 bridgehead atoms. The predicted molar refractivity (Wildman–Crippen MR) is 87.0 cm³/mol. The third kappa shape index (κ3) is 2.68. The first-order valence-electron chi connectivity index (χ1n) is 7.24. The monoisotopic (exact) mass is 328 g/mol. The van der Waals surface area contributed by atoms with Gasteiger partial charge in [0.25, 0.3) is 0 Å². The van der Waals surface area contributed by atoms with Gasteiger partial charge in [-0.15, -0.1) is 0 Å².